The number of benzene rings is 1. The van der Waals surface area contributed by atoms with Gasteiger partial charge in [0, 0.05) is 42.3 Å². The van der Waals surface area contributed by atoms with Crippen molar-refractivity contribution in [2.75, 3.05) is 18.4 Å². The predicted molar refractivity (Wildman–Crippen MR) is 84.9 cm³/mol. The number of nitrogens with one attached hydrogen (secondary N) is 2. The second-order valence-electron chi connectivity index (χ2n) is 3.99. The van der Waals surface area contributed by atoms with E-state index in [0.717, 1.165) is 25.3 Å². The zero-order chi connectivity index (χ0) is 13.5. The normalized spacial score (nSPS) is 9.80. The first-order chi connectivity index (χ1) is 9.25. The van der Waals surface area contributed by atoms with Gasteiger partial charge in [-0.15, -0.1) is 23.7 Å². The van der Waals surface area contributed by atoms with Crippen molar-refractivity contribution in [3.8, 4) is 0 Å². The Hall–Kier alpha value is -1.63. The van der Waals surface area contributed by atoms with Crippen LogP contribution in [-0.4, -0.2) is 18.0 Å². The van der Waals surface area contributed by atoms with E-state index in [1.165, 1.54) is 17.0 Å². The van der Waals surface area contributed by atoms with Crippen LogP contribution in [-0.2, 0) is 6.54 Å². The molecular weight excluding hydrogens is 298 g/mol. The van der Waals surface area contributed by atoms with Gasteiger partial charge in [-0.3, -0.25) is 10.1 Å². The van der Waals surface area contributed by atoms with Gasteiger partial charge in [0.1, 0.15) is 0 Å². The molecule has 1 aromatic heterocycles. The largest absolute Gasteiger partial charge is 0.384 e. The summed E-state index contributed by atoms with van der Waals surface area (Å²) in [5.41, 5.74) is 1.00. The summed E-state index contributed by atoms with van der Waals surface area (Å²) in [7, 11) is 0. The third-order valence-electron chi connectivity index (χ3n) is 2.59. The van der Waals surface area contributed by atoms with Crippen LogP contribution in [0.2, 0.25) is 0 Å². The Kier molecular flexibility index (Phi) is 7.00. The van der Waals surface area contributed by atoms with Gasteiger partial charge in [0.05, 0.1) is 4.92 Å². The van der Waals surface area contributed by atoms with Gasteiger partial charge in [0.2, 0.25) is 0 Å². The third-order valence-corrected chi connectivity index (χ3v) is 3.46. The molecular formula is C13H16ClN3O2S. The molecule has 0 aliphatic heterocycles. The average Bonchev–Trinajstić information content (AvgIpc) is 2.92. The predicted octanol–water partition coefficient (Wildman–Crippen LogP) is 3.28. The summed E-state index contributed by atoms with van der Waals surface area (Å²) in [6.45, 7) is 2.50. The molecule has 7 heteroatoms. The molecule has 0 amide bonds. The van der Waals surface area contributed by atoms with Crippen molar-refractivity contribution in [1.82, 2.24) is 5.32 Å². The lowest BCUT2D eigenvalue weighted by Crippen LogP contribution is -2.21. The Balaban J connectivity index is 0.00000200. The van der Waals surface area contributed by atoms with E-state index in [1.807, 2.05) is 6.07 Å². The van der Waals surface area contributed by atoms with E-state index in [-0.39, 0.29) is 18.1 Å². The van der Waals surface area contributed by atoms with E-state index in [1.54, 1.807) is 23.5 Å². The number of nitrogens with zero attached hydrogens (tertiary/aromatic N) is 1. The molecule has 1 aromatic carbocycles. The maximum atomic E-state index is 10.5. The Morgan fingerprint density at radius 2 is 1.90 bits per heavy atom. The number of halogens is 1. The second-order valence-corrected chi connectivity index (χ2v) is 5.02. The third kappa shape index (κ3) is 5.16. The number of nitro groups is 1. The molecule has 0 spiro atoms. The number of rotatable bonds is 7. The second kappa shape index (κ2) is 8.52. The van der Waals surface area contributed by atoms with Crippen LogP contribution in [0.3, 0.4) is 0 Å². The van der Waals surface area contributed by atoms with Crippen LogP contribution >= 0.6 is 23.7 Å². The number of nitro benzene ring substituents is 1. The van der Waals surface area contributed by atoms with Crippen molar-refractivity contribution in [1.29, 1.82) is 0 Å². The fourth-order valence-corrected chi connectivity index (χ4v) is 2.30. The molecule has 0 saturated heterocycles. The Morgan fingerprint density at radius 3 is 2.50 bits per heavy atom. The monoisotopic (exact) mass is 313 g/mol. The highest BCUT2D eigenvalue weighted by molar-refractivity contribution is 7.09. The van der Waals surface area contributed by atoms with E-state index in [0.29, 0.717) is 0 Å². The number of hydrogen-bond acceptors (Lipinski definition) is 5. The summed E-state index contributed by atoms with van der Waals surface area (Å²) in [6.07, 6.45) is 0. The van der Waals surface area contributed by atoms with Crippen molar-refractivity contribution < 1.29 is 4.92 Å². The molecule has 108 valence electrons. The lowest BCUT2D eigenvalue weighted by atomic mass is 10.3. The molecule has 0 saturated carbocycles. The van der Waals surface area contributed by atoms with Gasteiger partial charge in [-0.25, -0.2) is 0 Å². The molecule has 0 fully saturated rings. The molecule has 0 aliphatic rings. The number of thiophene rings is 1. The topological polar surface area (TPSA) is 67.2 Å². The quantitative estimate of drug-likeness (QED) is 0.467. The first-order valence-corrected chi connectivity index (χ1v) is 6.85. The number of non-ortho nitro benzene ring substituents is 1. The molecule has 0 radical (unpaired) electrons. The Morgan fingerprint density at radius 1 is 1.15 bits per heavy atom. The zero-order valence-corrected chi connectivity index (χ0v) is 12.4. The van der Waals surface area contributed by atoms with Crippen molar-refractivity contribution in [3.05, 3.63) is 56.8 Å². The van der Waals surface area contributed by atoms with E-state index in [2.05, 4.69) is 22.1 Å². The first kappa shape index (κ1) is 16.4. The fourth-order valence-electron chi connectivity index (χ4n) is 1.62. The smallest absolute Gasteiger partial charge is 0.269 e. The van der Waals surface area contributed by atoms with E-state index < -0.39 is 4.92 Å². The van der Waals surface area contributed by atoms with Crippen LogP contribution in [0.5, 0.6) is 0 Å². The number of hydrogen-bond donors (Lipinski definition) is 2. The lowest BCUT2D eigenvalue weighted by molar-refractivity contribution is -0.384. The van der Waals surface area contributed by atoms with Gasteiger partial charge in [-0.2, -0.15) is 0 Å². The minimum atomic E-state index is -0.396. The molecule has 0 bridgehead atoms. The molecule has 2 N–H and O–H groups in total. The van der Waals surface area contributed by atoms with Crippen LogP contribution in [0, 0.1) is 10.1 Å². The van der Waals surface area contributed by atoms with Gasteiger partial charge in [0.15, 0.2) is 0 Å². The molecule has 0 atom stereocenters. The maximum Gasteiger partial charge on any atom is 0.269 e. The zero-order valence-electron chi connectivity index (χ0n) is 10.7. The molecule has 0 aliphatic carbocycles. The lowest BCUT2D eigenvalue weighted by Gasteiger charge is -2.06. The van der Waals surface area contributed by atoms with Crippen molar-refractivity contribution in [2.45, 2.75) is 6.54 Å². The van der Waals surface area contributed by atoms with Crippen LogP contribution in [0.25, 0.3) is 0 Å². The van der Waals surface area contributed by atoms with Crippen molar-refractivity contribution >= 4 is 35.1 Å². The average molecular weight is 314 g/mol. The summed E-state index contributed by atoms with van der Waals surface area (Å²) in [4.78, 5) is 11.4. The first-order valence-electron chi connectivity index (χ1n) is 5.97. The fraction of sp³-hybridized carbons (Fsp3) is 0.231. The Labute approximate surface area is 127 Å². The minimum Gasteiger partial charge on any atom is -0.384 e. The van der Waals surface area contributed by atoms with E-state index in [4.69, 9.17) is 0 Å². The van der Waals surface area contributed by atoms with Crippen LogP contribution in [0.1, 0.15) is 4.88 Å². The summed E-state index contributed by atoms with van der Waals surface area (Å²) in [5, 5.41) is 19.1. The number of anilines is 1. The molecule has 1 heterocycles. The highest BCUT2D eigenvalue weighted by Crippen LogP contribution is 2.14. The van der Waals surface area contributed by atoms with Crippen LogP contribution in [0.4, 0.5) is 11.4 Å². The van der Waals surface area contributed by atoms with Gasteiger partial charge in [-0.05, 0) is 23.6 Å². The molecule has 20 heavy (non-hydrogen) atoms. The summed E-state index contributed by atoms with van der Waals surface area (Å²) < 4.78 is 0. The van der Waals surface area contributed by atoms with E-state index in [9.17, 15) is 10.1 Å². The van der Waals surface area contributed by atoms with Crippen molar-refractivity contribution in [2.24, 2.45) is 0 Å². The molecule has 2 aromatic rings. The maximum absolute atomic E-state index is 10.5. The van der Waals surface area contributed by atoms with Crippen LogP contribution < -0.4 is 10.6 Å². The molecule has 5 nitrogen and oxygen atoms in total. The SMILES string of the molecule is Cl.O=[N+]([O-])c1ccc(NCCNCc2cccs2)cc1. The highest BCUT2D eigenvalue weighted by Gasteiger charge is 2.03. The standard InChI is InChI=1S/C13H15N3O2S.ClH/c17-16(18)12-5-3-11(4-6-12)15-8-7-14-10-13-2-1-9-19-13;/h1-6,9,14-15H,7-8,10H2;1H. The molecule has 0 unspecified atom stereocenters. The van der Waals surface area contributed by atoms with Gasteiger partial charge >= 0.3 is 0 Å². The van der Waals surface area contributed by atoms with E-state index >= 15 is 0 Å². The summed E-state index contributed by atoms with van der Waals surface area (Å²) >= 11 is 1.73. The van der Waals surface area contributed by atoms with Gasteiger partial charge in [0.25, 0.3) is 5.69 Å². The van der Waals surface area contributed by atoms with Gasteiger partial charge < -0.3 is 10.6 Å². The molecule has 2 rings (SSSR count). The summed E-state index contributed by atoms with van der Waals surface area (Å²) in [6, 6.07) is 10.6. The van der Waals surface area contributed by atoms with Crippen LogP contribution in [0.15, 0.2) is 41.8 Å². The Bertz CT molecular complexity index is 517. The summed E-state index contributed by atoms with van der Waals surface area (Å²) in [5.74, 6) is 0. The van der Waals surface area contributed by atoms with Crippen molar-refractivity contribution in [3.63, 3.8) is 0 Å². The highest BCUT2D eigenvalue weighted by atomic mass is 35.5. The minimum absolute atomic E-state index is 0. The van der Waals surface area contributed by atoms with Gasteiger partial charge in [-0.1, -0.05) is 6.07 Å².